The van der Waals surface area contributed by atoms with Crippen molar-refractivity contribution < 1.29 is 9.59 Å². The van der Waals surface area contributed by atoms with Crippen molar-refractivity contribution in [2.24, 2.45) is 5.41 Å². The average Bonchev–Trinajstić information content (AvgIpc) is 3.33. The number of benzene rings is 1. The van der Waals surface area contributed by atoms with Crippen molar-refractivity contribution in [1.82, 2.24) is 14.8 Å². The molecule has 0 bridgehead atoms. The van der Waals surface area contributed by atoms with Crippen molar-refractivity contribution in [2.45, 2.75) is 51.5 Å². The number of hydrogen-bond donors (Lipinski definition) is 0. The summed E-state index contributed by atoms with van der Waals surface area (Å²) in [5, 5.41) is 0. The Morgan fingerprint density at radius 2 is 1.82 bits per heavy atom. The predicted molar refractivity (Wildman–Crippen MR) is 131 cm³/mol. The molecule has 2 aliphatic rings. The van der Waals surface area contributed by atoms with Gasteiger partial charge >= 0.3 is 0 Å². The highest BCUT2D eigenvalue weighted by molar-refractivity contribution is 5.84. The first-order valence-corrected chi connectivity index (χ1v) is 12.1. The van der Waals surface area contributed by atoms with Gasteiger partial charge in [0.25, 0.3) is 0 Å². The number of likely N-dealkylation sites (tertiary alicyclic amines) is 2. The molecule has 0 radical (unpaired) electrons. The minimum Gasteiger partial charge on any atom is -0.363 e. The van der Waals surface area contributed by atoms with E-state index in [-0.39, 0.29) is 17.9 Å². The molecule has 4 rings (SSSR count). The fourth-order valence-electron chi connectivity index (χ4n) is 5.11. The van der Waals surface area contributed by atoms with E-state index in [0.29, 0.717) is 19.5 Å². The molecule has 176 valence electrons. The van der Waals surface area contributed by atoms with Gasteiger partial charge in [-0.3, -0.25) is 9.59 Å². The van der Waals surface area contributed by atoms with Gasteiger partial charge in [0.2, 0.25) is 11.8 Å². The van der Waals surface area contributed by atoms with Crippen molar-refractivity contribution in [3.05, 3.63) is 59.8 Å². The van der Waals surface area contributed by atoms with Gasteiger partial charge in [0.1, 0.15) is 5.82 Å². The van der Waals surface area contributed by atoms with Crippen molar-refractivity contribution in [2.75, 3.05) is 38.6 Å². The Kier molecular flexibility index (Phi) is 7.01. The van der Waals surface area contributed by atoms with E-state index in [1.54, 1.807) is 0 Å². The van der Waals surface area contributed by atoms with Crippen LogP contribution in [0.3, 0.4) is 0 Å². The van der Waals surface area contributed by atoms with Crippen molar-refractivity contribution >= 4 is 17.6 Å². The lowest BCUT2D eigenvalue weighted by Crippen LogP contribution is -2.50. The summed E-state index contributed by atoms with van der Waals surface area (Å²) in [5.41, 5.74) is 1.95. The lowest BCUT2D eigenvalue weighted by atomic mass is 9.78. The van der Waals surface area contributed by atoms with E-state index < -0.39 is 5.41 Å². The number of aryl methyl sites for hydroxylation is 1. The van der Waals surface area contributed by atoms with Gasteiger partial charge in [0.05, 0.1) is 6.04 Å². The molecule has 1 unspecified atom stereocenters. The van der Waals surface area contributed by atoms with Gasteiger partial charge in [-0.05, 0) is 55.4 Å². The number of pyridine rings is 1. The lowest BCUT2D eigenvalue weighted by molar-refractivity contribution is -0.148. The summed E-state index contributed by atoms with van der Waals surface area (Å²) in [4.78, 5) is 36.9. The molecule has 2 amide bonds. The number of rotatable bonds is 6. The molecule has 2 fully saturated rings. The lowest BCUT2D eigenvalue weighted by Gasteiger charge is -2.41. The normalized spacial score (nSPS) is 20.0. The summed E-state index contributed by atoms with van der Waals surface area (Å²) in [6, 6.07) is 14.4. The Labute approximate surface area is 197 Å². The summed E-state index contributed by atoms with van der Waals surface area (Å²) < 4.78 is 0. The van der Waals surface area contributed by atoms with E-state index in [9.17, 15) is 9.59 Å². The van der Waals surface area contributed by atoms with Gasteiger partial charge in [-0.2, -0.15) is 0 Å². The van der Waals surface area contributed by atoms with Gasteiger partial charge in [-0.15, -0.1) is 0 Å². The quantitative estimate of drug-likeness (QED) is 0.668. The number of hydrogen-bond acceptors (Lipinski definition) is 4. The molecule has 0 aliphatic carbocycles. The van der Waals surface area contributed by atoms with E-state index in [1.165, 1.54) is 5.56 Å². The van der Waals surface area contributed by atoms with Crippen molar-refractivity contribution in [3.63, 3.8) is 0 Å². The molecule has 2 saturated heterocycles. The van der Waals surface area contributed by atoms with Crippen LogP contribution in [0.5, 0.6) is 0 Å². The van der Waals surface area contributed by atoms with E-state index >= 15 is 0 Å². The van der Waals surface area contributed by atoms with Gasteiger partial charge in [-0.1, -0.05) is 37.3 Å². The van der Waals surface area contributed by atoms with Crippen LogP contribution >= 0.6 is 0 Å². The molecular weight excluding hydrogens is 412 g/mol. The van der Waals surface area contributed by atoms with E-state index in [1.807, 2.05) is 54.4 Å². The van der Waals surface area contributed by atoms with E-state index in [0.717, 1.165) is 50.0 Å². The summed E-state index contributed by atoms with van der Waals surface area (Å²) in [5.74, 6) is 1.35. The van der Waals surface area contributed by atoms with Crippen molar-refractivity contribution in [3.8, 4) is 0 Å². The molecule has 0 saturated carbocycles. The topological polar surface area (TPSA) is 56.8 Å². The zero-order valence-electron chi connectivity index (χ0n) is 20.2. The Balaban J connectivity index is 1.36. The second kappa shape index (κ2) is 9.94. The number of carbonyl (C=O) groups is 2. The average molecular weight is 449 g/mol. The van der Waals surface area contributed by atoms with E-state index in [4.69, 9.17) is 0 Å². The maximum absolute atomic E-state index is 13.7. The maximum Gasteiger partial charge on any atom is 0.229 e. The van der Waals surface area contributed by atoms with Crippen LogP contribution in [0, 0.1) is 5.41 Å². The van der Waals surface area contributed by atoms with Gasteiger partial charge in [-0.25, -0.2) is 4.98 Å². The second-order valence-corrected chi connectivity index (χ2v) is 9.93. The fourth-order valence-corrected chi connectivity index (χ4v) is 5.11. The molecule has 1 atom stereocenters. The molecule has 1 aromatic carbocycles. The van der Waals surface area contributed by atoms with Crippen LogP contribution < -0.4 is 4.90 Å². The maximum atomic E-state index is 13.7. The van der Waals surface area contributed by atoms with Crippen LogP contribution in [0.25, 0.3) is 0 Å². The first-order valence-electron chi connectivity index (χ1n) is 12.1. The zero-order valence-corrected chi connectivity index (χ0v) is 20.2. The van der Waals surface area contributed by atoms with Crippen LogP contribution in [-0.4, -0.2) is 60.3 Å². The minimum absolute atomic E-state index is 0.113. The van der Waals surface area contributed by atoms with E-state index in [2.05, 4.69) is 35.0 Å². The molecule has 3 heterocycles. The monoisotopic (exact) mass is 448 g/mol. The Morgan fingerprint density at radius 1 is 1.09 bits per heavy atom. The highest BCUT2D eigenvalue weighted by atomic mass is 16.2. The van der Waals surface area contributed by atoms with Gasteiger partial charge in [0.15, 0.2) is 0 Å². The Hall–Kier alpha value is -2.89. The first kappa shape index (κ1) is 23.3. The largest absolute Gasteiger partial charge is 0.363 e. The predicted octanol–water partition coefficient (Wildman–Crippen LogP) is 4.07. The number of nitrogens with zero attached hydrogens (tertiary/aromatic N) is 4. The molecule has 0 spiro atoms. The SMILES string of the molecule is CN(C)c1cc(C2CCCN2C(=O)C2(C)CCN(C(=O)CCc3ccccc3)CC2)ccn1. The number of anilines is 1. The summed E-state index contributed by atoms with van der Waals surface area (Å²) in [6.45, 7) is 4.22. The standard InChI is InChI=1S/C27H36N4O2/c1-27(14-18-30(19-15-27)25(32)12-11-21-8-5-4-6-9-21)26(33)31-17-7-10-23(31)22-13-16-28-24(20-22)29(2)3/h4-6,8-9,13,16,20,23H,7,10-12,14-15,17-19H2,1-3H3. The van der Waals surface area contributed by atoms with Crippen molar-refractivity contribution in [1.29, 1.82) is 0 Å². The third kappa shape index (κ3) is 5.21. The third-order valence-electron chi connectivity index (χ3n) is 7.33. The molecule has 0 N–H and O–H groups in total. The van der Waals surface area contributed by atoms with Crippen LogP contribution in [0.4, 0.5) is 5.82 Å². The Bertz CT molecular complexity index is 967. The molecule has 6 nitrogen and oxygen atoms in total. The Morgan fingerprint density at radius 3 is 2.52 bits per heavy atom. The zero-order chi connectivity index (χ0) is 23.4. The number of amides is 2. The molecule has 6 heteroatoms. The highest BCUT2D eigenvalue weighted by Gasteiger charge is 2.43. The summed E-state index contributed by atoms with van der Waals surface area (Å²) in [7, 11) is 3.97. The van der Waals surface area contributed by atoms with Gasteiger partial charge in [0, 0.05) is 51.8 Å². The van der Waals surface area contributed by atoms with Crippen LogP contribution in [0.15, 0.2) is 48.7 Å². The molecule has 1 aromatic heterocycles. The number of piperidine rings is 1. The first-order chi connectivity index (χ1) is 15.9. The molecule has 2 aromatic rings. The summed E-state index contributed by atoms with van der Waals surface area (Å²) >= 11 is 0. The van der Waals surface area contributed by atoms with Crippen LogP contribution in [0.2, 0.25) is 0 Å². The fraction of sp³-hybridized carbons (Fsp3) is 0.519. The van der Waals surface area contributed by atoms with Crippen LogP contribution in [-0.2, 0) is 16.0 Å². The van der Waals surface area contributed by atoms with Gasteiger partial charge < -0.3 is 14.7 Å². The minimum atomic E-state index is -0.407. The smallest absolute Gasteiger partial charge is 0.229 e. The molecular formula is C27H36N4O2. The summed E-state index contributed by atoms with van der Waals surface area (Å²) in [6.07, 6.45) is 6.60. The molecule has 33 heavy (non-hydrogen) atoms. The second-order valence-electron chi connectivity index (χ2n) is 9.93. The van der Waals surface area contributed by atoms with Crippen LogP contribution in [0.1, 0.15) is 56.2 Å². The molecule has 2 aliphatic heterocycles. The number of carbonyl (C=O) groups excluding carboxylic acids is 2. The third-order valence-corrected chi connectivity index (χ3v) is 7.33. The number of aromatic nitrogens is 1. The highest BCUT2D eigenvalue weighted by Crippen LogP contribution is 2.40.